The zero-order chi connectivity index (χ0) is 16.2. The lowest BCUT2D eigenvalue weighted by molar-refractivity contribution is -0.153. The Morgan fingerprint density at radius 3 is 2.78 bits per heavy atom. The van der Waals surface area contributed by atoms with Crippen molar-refractivity contribution in [3.05, 3.63) is 24.1 Å². The first-order valence-corrected chi connectivity index (χ1v) is 7.43. The van der Waals surface area contributed by atoms with Crippen LogP contribution in [-0.2, 0) is 16.1 Å². The first-order chi connectivity index (χ1) is 11.2. The Balaban J connectivity index is 1.70. The molecule has 0 radical (unpaired) electrons. The van der Waals surface area contributed by atoms with Crippen LogP contribution in [0.2, 0.25) is 0 Å². The highest BCUT2D eigenvalue weighted by Gasteiger charge is 2.27. The molecule has 1 saturated carbocycles. The van der Waals surface area contributed by atoms with Crippen LogP contribution in [0.4, 0.5) is 0 Å². The van der Waals surface area contributed by atoms with E-state index in [-0.39, 0.29) is 24.4 Å². The quantitative estimate of drug-likeness (QED) is 0.757. The SMILES string of the molecule is COc1ccc(-c2noc(COC(=O)C3CCC3)n2)c(OC)c1. The molecule has 0 atom stereocenters. The number of nitrogens with zero attached hydrogens (tertiary/aromatic N) is 2. The van der Waals surface area contributed by atoms with E-state index in [0.717, 1.165) is 19.3 Å². The maximum absolute atomic E-state index is 11.7. The number of benzene rings is 1. The van der Waals surface area contributed by atoms with Crippen LogP contribution in [0.1, 0.15) is 25.2 Å². The molecule has 1 aromatic heterocycles. The third kappa shape index (κ3) is 3.28. The summed E-state index contributed by atoms with van der Waals surface area (Å²) in [6.45, 7) is -0.0131. The van der Waals surface area contributed by atoms with E-state index < -0.39 is 0 Å². The van der Waals surface area contributed by atoms with Crippen molar-refractivity contribution in [2.45, 2.75) is 25.9 Å². The van der Waals surface area contributed by atoms with Gasteiger partial charge in [-0.05, 0) is 25.0 Å². The summed E-state index contributed by atoms with van der Waals surface area (Å²) in [5.74, 6) is 1.70. The second-order valence-corrected chi connectivity index (χ2v) is 5.31. The molecule has 1 aliphatic carbocycles. The molecule has 0 N–H and O–H groups in total. The van der Waals surface area contributed by atoms with Gasteiger partial charge >= 0.3 is 5.97 Å². The molecule has 1 aromatic carbocycles. The Morgan fingerprint density at radius 2 is 2.13 bits per heavy atom. The number of ether oxygens (including phenoxy) is 3. The molecule has 2 aromatic rings. The fourth-order valence-corrected chi connectivity index (χ4v) is 2.30. The molecule has 0 aliphatic heterocycles. The average Bonchev–Trinajstić information content (AvgIpc) is 2.99. The summed E-state index contributed by atoms with van der Waals surface area (Å²) in [5, 5.41) is 3.91. The van der Waals surface area contributed by atoms with Crippen molar-refractivity contribution in [1.29, 1.82) is 0 Å². The highest BCUT2D eigenvalue weighted by molar-refractivity contribution is 5.73. The van der Waals surface area contributed by atoms with Gasteiger partial charge in [-0.15, -0.1) is 0 Å². The Hall–Kier alpha value is -2.57. The average molecular weight is 318 g/mol. The maximum Gasteiger partial charge on any atom is 0.309 e. The van der Waals surface area contributed by atoms with E-state index in [9.17, 15) is 4.79 Å². The highest BCUT2D eigenvalue weighted by Crippen LogP contribution is 2.32. The van der Waals surface area contributed by atoms with Gasteiger partial charge in [0.1, 0.15) is 11.5 Å². The van der Waals surface area contributed by atoms with Gasteiger partial charge in [-0.1, -0.05) is 11.6 Å². The fraction of sp³-hybridized carbons (Fsp3) is 0.438. The monoisotopic (exact) mass is 318 g/mol. The van der Waals surface area contributed by atoms with Gasteiger partial charge in [-0.2, -0.15) is 4.98 Å². The molecule has 0 spiro atoms. The van der Waals surface area contributed by atoms with E-state index in [4.69, 9.17) is 18.7 Å². The molecule has 23 heavy (non-hydrogen) atoms. The Labute approximate surface area is 133 Å². The lowest BCUT2D eigenvalue weighted by Gasteiger charge is -2.22. The largest absolute Gasteiger partial charge is 0.497 e. The van der Waals surface area contributed by atoms with Crippen LogP contribution in [-0.4, -0.2) is 30.3 Å². The number of aromatic nitrogens is 2. The summed E-state index contributed by atoms with van der Waals surface area (Å²) in [7, 11) is 3.14. The second-order valence-electron chi connectivity index (χ2n) is 5.31. The molecular weight excluding hydrogens is 300 g/mol. The minimum Gasteiger partial charge on any atom is -0.497 e. The van der Waals surface area contributed by atoms with Gasteiger partial charge in [0.25, 0.3) is 5.89 Å². The van der Waals surface area contributed by atoms with Gasteiger partial charge in [0.05, 0.1) is 25.7 Å². The lowest BCUT2D eigenvalue weighted by atomic mass is 9.86. The smallest absolute Gasteiger partial charge is 0.309 e. The van der Waals surface area contributed by atoms with Crippen LogP contribution < -0.4 is 9.47 Å². The zero-order valence-electron chi connectivity index (χ0n) is 13.1. The maximum atomic E-state index is 11.7. The van der Waals surface area contributed by atoms with Crippen LogP contribution in [0.5, 0.6) is 11.5 Å². The Morgan fingerprint density at radius 1 is 1.30 bits per heavy atom. The van der Waals surface area contributed by atoms with Crippen LogP contribution in [0.25, 0.3) is 11.4 Å². The van der Waals surface area contributed by atoms with E-state index in [0.29, 0.717) is 22.9 Å². The number of rotatable bonds is 6. The van der Waals surface area contributed by atoms with E-state index in [1.807, 2.05) is 0 Å². The van der Waals surface area contributed by atoms with Crippen LogP contribution in [0.15, 0.2) is 22.7 Å². The molecule has 0 amide bonds. The summed E-state index contributed by atoms with van der Waals surface area (Å²) in [6.07, 6.45) is 2.88. The third-order valence-corrected chi connectivity index (χ3v) is 3.89. The van der Waals surface area contributed by atoms with Gasteiger partial charge in [0, 0.05) is 6.07 Å². The fourth-order valence-electron chi connectivity index (χ4n) is 2.30. The molecule has 1 heterocycles. The second kappa shape index (κ2) is 6.68. The van der Waals surface area contributed by atoms with Crippen molar-refractivity contribution in [2.75, 3.05) is 14.2 Å². The van der Waals surface area contributed by atoms with Crippen molar-refractivity contribution in [1.82, 2.24) is 10.1 Å². The topological polar surface area (TPSA) is 83.7 Å². The van der Waals surface area contributed by atoms with E-state index in [1.54, 1.807) is 32.4 Å². The molecule has 7 nitrogen and oxygen atoms in total. The minimum absolute atomic E-state index is 0.0131. The highest BCUT2D eigenvalue weighted by atomic mass is 16.6. The molecule has 1 fully saturated rings. The molecule has 3 rings (SSSR count). The molecule has 0 bridgehead atoms. The summed E-state index contributed by atoms with van der Waals surface area (Å²) in [6, 6.07) is 5.30. The molecule has 122 valence electrons. The van der Waals surface area contributed by atoms with Gasteiger partial charge in [0.15, 0.2) is 6.61 Å². The number of carbonyl (C=O) groups is 1. The van der Waals surface area contributed by atoms with Gasteiger partial charge in [-0.25, -0.2) is 0 Å². The molecular formula is C16H18N2O5. The number of hydrogen-bond donors (Lipinski definition) is 0. The van der Waals surface area contributed by atoms with Crippen molar-refractivity contribution < 1.29 is 23.5 Å². The molecule has 0 unspecified atom stereocenters. The first-order valence-electron chi connectivity index (χ1n) is 7.43. The van der Waals surface area contributed by atoms with Crippen molar-refractivity contribution in [2.24, 2.45) is 5.92 Å². The number of methoxy groups -OCH3 is 2. The summed E-state index contributed by atoms with van der Waals surface area (Å²) in [5.41, 5.74) is 0.675. The Bertz CT molecular complexity index is 694. The standard InChI is InChI=1S/C16H18N2O5/c1-20-11-6-7-12(13(8-11)21-2)15-17-14(23-18-15)9-22-16(19)10-4-3-5-10/h6-8,10H,3-5,9H2,1-2H3. The minimum atomic E-state index is -0.196. The van der Waals surface area contributed by atoms with Crippen LogP contribution in [0, 0.1) is 5.92 Å². The van der Waals surface area contributed by atoms with E-state index in [2.05, 4.69) is 10.1 Å². The summed E-state index contributed by atoms with van der Waals surface area (Å²) < 4.78 is 20.8. The number of esters is 1. The van der Waals surface area contributed by atoms with Gasteiger partial charge in [-0.3, -0.25) is 4.79 Å². The van der Waals surface area contributed by atoms with Gasteiger partial charge < -0.3 is 18.7 Å². The Kier molecular flexibility index (Phi) is 4.45. The normalized spacial score (nSPS) is 14.2. The molecule has 0 saturated heterocycles. The number of carbonyl (C=O) groups excluding carboxylic acids is 1. The van der Waals surface area contributed by atoms with Gasteiger partial charge in [0.2, 0.25) is 5.82 Å². The lowest BCUT2D eigenvalue weighted by Crippen LogP contribution is -2.23. The summed E-state index contributed by atoms with van der Waals surface area (Å²) >= 11 is 0. The van der Waals surface area contributed by atoms with Crippen molar-refractivity contribution in [3.8, 4) is 22.9 Å². The van der Waals surface area contributed by atoms with Crippen molar-refractivity contribution in [3.63, 3.8) is 0 Å². The molecule has 7 heteroatoms. The predicted octanol–water partition coefficient (Wildman–Crippen LogP) is 2.60. The molecule has 1 aliphatic rings. The van der Waals surface area contributed by atoms with Crippen LogP contribution >= 0.6 is 0 Å². The zero-order valence-corrected chi connectivity index (χ0v) is 13.1. The van der Waals surface area contributed by atoms with E-state index >= 15 is 0 Å². The van der Waals surface area contributed by atoms with Crippen molar-refractivity contribution >= 4 is 5.97 Å². The number of hydrogen-bond acceptors (Lipinski definition) is 7. The predicted molar refractivity (Wildman–Crippen MR) is 80.0 cm³/mol. The first kappa shape index (κ1) is 15.3. The third-order valence-electron chi connectivity index (χ3n) is 3.89. The summed E-state index contributed by atoms with van der Waals surface area (Å²) in [4.78, 5) is 15.9. The van der Waals surface area contributed by atoms with E-state index in [1.165, 1.54) is 0 Å². The van der Waals surface area contributed by atoms with Crippen LogP contribution in [0.3, 0.4) is 0 Å².